The maximum Gasteiger partial charge on any atom is 0.356 e. The van der Waals surface area contributed by atoms with Gasteiger partial charge in [0.25, 0.3) is 0 Å². The van der Waals surface area contributed by atoms with Gasteiger partial charge in [-0.15, -0.1) is 11.8 Å². The molecule has 5 heterocycles. The fraction of sp³-hybridized carbons (Fsp3) is 0.344. The molecule has 0 saturated carbocycles. The van der Waals surface area contributed by atoms with E-state index < -0.39 is 17.3 Å². The number of rotatable bonds is 3. The Balaban J connectivity index is 1.66. The highest BCUT2D eigenvalue weighted by molar-refractivity contribution is 7.99. The first kappa shape index (κ1) is 29.7. The van der Waals surface area contributed by atoms with E-state index in [1.807, 2.05) is 18.7 Å². The number of anilines is 1. The number of pyridine rings is 2. The molecule has 12 heteroatoms. The van der Waals surface area contributed by atoms with Crippen LogP contribution in [0.25, 0.3) is 28.0 Å². The Kier molecular flexibility index (Phi) is 8.35. The zero-order valence-electron chi connectivity index (χ0n) is 24.6. The van der Waals surface area contributed by atoms with Crippen molar-refractivity contribution in [1.82, 2.24) is 24.4 Å². The topological polar surface area (TPSA) is 93.5 Å². The molecule has 1 saturated heterocycles. The number of amides is 1. The lowest BCUT2D eigenvalue weighted by atomic mass is 10.1. The standard InChI is InChI=1S/C32H32F2N6O3S/c1-4-25(41)38-12-14-39(15-13-38)30-20-18-22(34)28-26-21(33)8-7-9-24(26)44-17-6-5-16-43-23-10-11-35-27(19(2)3)29(23)40(31(20)36-28)32(42)37-30/h4,7-11,18-19H,1,5-6,12-17H2,2-3H3. The highest BCUT2D eigenvalue weighted by atomic mass is 32.2. The molecule has 6 rings (SSSR count). The normalized spacial score (nSPS) is 15.5. The number of ether oxygens (including phenoxy) is 1. The summed E-state index contributed by atoms with van der Waals surface area (Å²) in [6.07, 6.45) is 4.39. The third-order valence-corrected chi connectivity index (χ3v) is 8.96. The van der Waals surface area contributed by atoms with Crippen LogP contribution in [-0.4, -0.2) is 68.9 Å². The predicted molar refractivity (Wildman–Crippen MR) is 167 cm³/mol. The van der Waals surface area contributed by atoms with Crippen LogP contribution in [0.15, 0.2) is 58.9 Å². The molecule has 2 aliphatic rings. The lowest BCUT2D eigenvalue weighted by Gasteiger charge is -2.35. The third kappa shape index (κ3) is 5.42. The van der Waals surface area contributed by atoms with Gasteiger partial charge in [-0.2, -0.15) is 4.98 Å². The molecule has 0 unspecified atom stereocenters. The number of piperazine rings is 1. The summed E-state index contributed by atoms with van der Waals surface area (Å²) >= 11 is 1.43. The van der Waals surface area contributed by atoms with Crippen molar-refractivity contribution >= 4 is 34.5 Å². The number of hydrogen-bond acceptors (Lipinski definition) is 8. The third-order valence-electron chi connectivity index (χ3n) is 7.82. The first-order chi connectivity index (χ1) is 21.3. The first-order valence-corrected chi connectivity index (χ1v) is 15.6. The molecule has 0 radical (unpaired) electrons. The maximum atomic E-state index is 16.2. The SMILES string of the molecule is C=CC(=O)N1CCN(c2nc(=O)n3c4nc(c(F)cc24)-c2c(F)cccc2SCCCCOc2ccnc(C(C)C)c2-3)CC1. The molecular weight excluding hydrogens is 586 g/mol. The summed E-state index contributed by atoms with van der Waals surface area (Å²) in [5.74, 6) is -0.293. The van der Waals surface area contributed by atoms with Crippen molar-refractivity contribution in [1.29, 1.82) is 0 Å². The molecule has 44 heavy (non-hydrogen) atoms. The van der Waals surface area contributed by atoms with Gasteiger partial charge in [-0.05, 0) is 48.8 Å². The minimum absolute atomic E-state index is 0.0506. The number of thioether (sulfide) groups is 1. The van der Waals surface area contributed by atoms with Crippen molar-refractivity contribution in [3.05, 3.63) is 77.0 Å². The summed E-state index contributed by atoms with van der Waals surface area (Å²) in [5.41, 5.74) is 0.269. The molecule has 0 aliphatic carbocycles. The molecule has 2 aliphatic heterocycles. The van der Waals surface area contributed by atoms with Crippen LogP contribution >= 0.6 is 11.8 Å². The molecule has 2 bridgehead atoms. The Morgan fingerprint density at radius 3 is 2.64 bits per heavy atom. The minimum atomic E-state index is -0.739. The van der Waals surface area contributed by atoms with Gasteiger partial charge < -0.3 is 14.5 Å². The minimum Gasteiger partial charge on any atom is -0.491 e. The number of aromatic nitrogens is 4. The van der Waals surface area contributed by atoms with E-state index in [0.717, 1.165) is 12.8 Å². The van der Waals surface area contributed by atoms with Gasteiger partial charge >= 0.3 is 5.69 Å². The quantitative estimate of drug-likeness (QED) is 0.284. The van der Waals surface area contributed by atoms with Gasteiger partial charge in [-0.1, -0.05) is 26.5 Å². The van der Waals surface area contributed by atoms with Crippen LogP contribution < -0.4 is 15.3 Å². The average molecular weight is 619 g/mol. The van der Waals surface area contributed by atoms with Crippen molar-refractivity contribution in [2.75, 3.05) is 43.4 Å². The summed E-state index contributed by atoms with van der Waals surface area (Å²) in [5, 5.41) is 0.275. The van der Waals surface area contributed by atoms with Crippen molar-refractivity contribution in [3.63, 3.8) is 0 Å². The highest BCUT2D eigenvalue weighted by Crippen LogP contribution is 2.39. The zero-order valence-corrected chi connectivity index (χ0v) is 25.4. The molecule has 9 nitrogen and oxygen atoms in total. The fourth-order valence-electron chi connectivity index (χ4n) is 5.63. The number of nitrogens with zero attached hydrogens (tertiary/aromatic N) is 6. The molecule has 0 atom stereocenters. The number of carbonyl (C=O) groups is 1. The zero-order chi connectivity index (χ0) is 31.0. The number of hydrogen-bond donors (Lipinski definition) is 0. The monoisotopic (exact) mass is 618 g/mol. The second-order valence-corrected chi connectivity index (χ2v) is 12.1. The van der Waals surface area contributed by atoms with Crippen LogP contribution in [0.4, 0.5) is 14.6 Å². The van der Waals surface area contributed by atoms with E-state index in [9.17, 15) is 9.59 Å². The van der Waals surface area contributed by atoms with E-state index in [4.69, 9.17) is 9.72 Å². The summed E-state index contributed by atoms with van der Waals surface area (Å²) in [7, 11) is 0. The van der Waals surface area contributed by atoms with Crippen molar-refractivity contribution < 1.29 is 18.3 Å². The fourth-order valence-corrected chi connectivity index (χ4v) is 6.71. The molecule has 0 N–H and O–H groups in total. The Morgan fingerprint density at radius 2 is 1.89 bits per heavy atom. The van der Waals surface area contributed by atoms with E-state index in [2.05, 4.69) is 16.5 Å². The van der Waals surface area contributed by atoms with Crippen molar-refractivity contribution in [3.8, 4) is 22.7 Å². The number of carbonyl (C=O) groups excluding carboxylic acids is 1. The maximum absolute atomic E-state index is 16.2. The van der Waals surface area contributed by atoms with E-state index >= 15 is 8.78 Å². The smallest absolute Gasteiger partial charge is 0.356 e. The van der Waals surface area contributed by atoms with Crippen molar-refractivity contribution in [2.45, 2.75) is 37.5 Å². The molecule has 1 amide bonds. The van der Waals surface area contributed by atoms with Gasteiger partial charge in [0.15, 0.2) is 11.5 Å². The van der Waals surface area contributed by atoms with E-state index in [1.165, 1.54) is 34.5 Å². The van der Waals surface area contributed by atoms with E-state index in [-0.39, 0.29) is 39.9 Å². The number of halogens is 2. The molecular formula is C32H32F2N6O3S. The summed E-state index contributed by atoms with van der Waals surface area (Å²) in [4.78, 5) is 44.1. The molecule has 1 aromatic carbocycles. The summed E-state index contributed by atoms with van der Waals surface area (Å²) in [6.45, 7) is 9.33. The van der Waals surface area contributed by atoms with Crippen LogP contribution in [0.3, 0.4) is 0 Å². The van der Waals surface area contributed by atoms with E-state index in [0.29, 0.717) is 60.6 Å². The molecule has 1 fully saturated rings. The van der Waals surface area contributed by atoms with Gasteiger partial charge in [-0.25, -0.2) is 23.1 Å². The van der Waals surface area contributed by atoms with Gasteiger partial charge in [0.2, 0.25) is 5.91 Å². The Morgan fingerprint density at radius 1 is 1.09 bits per heavy atom. The highest BCUT2D eigenvalue weighted by Gasteiger charge is 2.29. The Bertz CT molecular complexity index is 1820. The molecule has 0 spiro atoms. The molecule has 4 aromatic rings. The average Bonchev–Trinajstić information content (AvgIpc) is 3.02. The van der Waals surface area contributed by atoms with Gasteiger partial charge in [-0.3, -0.25) is 9.78 Å². The molecule has 228 valence electrons. The van der Waals surface area contributed by atoms with Crippen LogP contribution in [0, 0.1) is 11.6 Å². The van der Waals surface area contributed by atoms with Gasteiger partial charge in [0.05, 0.1) is 23.3 Å². The van der Waals surface area contributed by atoms with Crippen molar-refractivity contribution in [2.24, 2.45) is 0 Å². The lowest BCUT2D eigenvalue weighted by molar-refractivity contribution is -0.126. The Labute approximate surface area is 257 Å². The van der Waals surface area contributed by atoms with Crippen LogP contribution in [0.2, 0.25) is 0 Å². The second-order valence-electron chi connectivity index (χ2n) is 11.0. The number of benzene rings is 1. The predicted octanol–water partition coefficient (Wildman–Crippen LogP) is 5.34. The largest absolute Gasteiger partial charge is 0.491 e. The lowest BCUT2D eigenvalue weighted by Crippen LogP contribution is -2.49. The Hall–Kier alpha value is -4.32. The first-order valence-electron chi connectivity index (χ1n) is 14.6. The summed E-state index contributed by atoms with van der Waals surface area (Å²) < 4.78 is 39.2. The molecule has 3 aromatic heterocycles. The van der Waals surface area contributed by atoms with Gasteiger partial charge in [0, 0.05) is 43.3 Å². The van der Waals surface area contributed by atoms with Crippen LogP contribution in [0.5, 0.6) is 5.75 Å². The second kappa shape index (κ2) is 12.4. The van der Waals surface area contributed by atoms with Gasteiger partial charge in [0.1, 0.15) is 28.8 Å². The van der Waals surface area contributed by atoms with Crippen LogP contribution in [0.1, 0.15) is 38.3 Å². The number of fused-ring (bicyclic) bond motifs is 5. The van der Waals surface area contributed by atoms with E-state index in [1.54, 1.807) is 29.3 Å². The summed E-state index contributed by atoms with van der Waals surface area (Å²) in [6, 6.07) is 7.60. The van der Waals surface area contributed by atoms with Crippen LogP contribution in [-0.2, 0) is 4.79 Å².